The molecule has 1 aliphatic heterocycles. The number of rotatable bonds is 6. The number of hydrogen-bond acceptors (Lipinski definition) is 7. The molecule has 1 aliphatic rings. The number of nitro groups is 2. The highest BCUT2D eigenvalue weighted by molar-refractivity contribution is 5.76. The first-order chi connectivity index (χ1) is 11.8. The molecule has 0 N–H and O–H groups in total. The maximum atomic E-state index is 11.9. The van der Waals surface area contributed by atoms with Crippen molar-refractivity contribution in [3.63, 3.8) is 0 Å². The summed E-state index contributed by atoms with van der Waals surface area (Å²) in [4.78, 5) is 24.1. The molecule has 0 saturated carbocycles. The van der Waals surface area contributed by atoms with E-state index in [0.29, 0.717) is 30.8 Å². The van der Waals surface area contributed by atoms with Gasteiger partial charge in [0.1, 0.15) is 11.3 Å². The van der Waals surface area contributed by atoms with Crippen molar-refractivity contribution in [2.75, 3.05) is 25.2 Å². The van der Waals surface area contributed by atoms with Crippen LogP contribution in [0.5, 0.6) is 0 Å². The zero-order valence-electron chi connectivity index (χ0n) is 14.9. The molecule has 2 rings (SSSR count). The summed E-state index contributed by atoms with van der Waals surface area (Å²) in [6.45, 7) is 6.39. The van der Waals surface area contributed by atoms with E-state index in [1.807, 2.05) is 25.7 Å². The molecule has 138 valence electrons. The van der Waals surface area contributed by atoms with Crippen molar-refractivity contribution in [3.8, 4) is 0 Å². The highest BCUT2D eigenvalue weighted by Crippen LogP contribution is 2.43. The van der Waals surface area contributed by atoms with E-state index in [0.717, 1.165) is 0 Å². The minimum Gasteiger partial charge on any atom is -0.379 e. The van der Waals surface area contributed by atoms with Gasteiger partial charge in [0.25, 0.3) is 5.69 Å². The number of morpholine rings is 1. The van der Waals surface area contributed by atoms with Crippen molar-refractivity contribution < 1.29 is 19.3 Å². The molecule has 1 fully saturated rings. The summed E-state index contributed by atoms with van der Waals surface area (Å²) < 4.78 is 10.6. The summed E-state index contributed by atoms with van der Waals surface area (Å²) in [6, 6.07) is 1.36. The van der Waals surface area contributed by atoms with E-state index in [2.05, 4.69) is 0 Å². The fourth-order valence-electron chi connectivity index (χ4n) is 3.19. The van der Waals surface area contributed by atoms with E-state index in [1.165, 1.54) is 13.2 Å². The van der Waals surface area contributed by atoms with Crippen molar-refractivity contribution in [1.82, 2.24) is 0 Å². The Hall–Kier alpha value is -2.26. The average molecular weight is 353 g/mol. The first-order valence-corrected chi connectivity index (χ1v) is 8.16. The number of aryl methyl sites for hydroxylation is 1. The van der Waals surface area contributed by atoms with Gasteiger partial charge in [-0.3, -0.25) is 20.2 Å². The standard InChI is InChI=1S/C16H23N3O6/c1-5-12-6-14(18(20)21)13(9-24-4)16(19(22)23)15(12)17-7-11(3)25-8-10(17)2/h6,10-11H,5,7-9H2,1-4H3. The van der Waals surface area contributed by atoms with Gasteiger partial charge in [-0.1, -0.05) is 6.92 Å². The minimum absolute atomic E-state index is 0.00366. The van der Waals surface area contributed by atoms with Crippen LogP contribution >= 0.6 is 0 Å². The molecule has 25 heavy (non-hydrogen) atoms. The van der Waals surface area contributed by atoms with E-state index < -0.39 is 9.85 Å². The third-order valence-corrected chi connectivity index (χ3v) is 4.38. The van der Waals surface area contributed by atoms with Crippen molar-refractivity contribution in [2.45, 2.75) is 45.9 Å². The average Bonchev–Trinajstić information content (AvgIpc) is 2.56. The molecule has 2 unspecified atom stereocenters. The summed E-state index contributed by atoms with van der Waals surface area (Å²) in [5, 5.41) is 23.3. The van der Waals surface area contributed by atoms with Crippen LogP contribution in [0.25, 0.3) is 0 Å². The third-order valence-electron chi connectivity index (χ3n) is 4.38. The monoisotopic (exact) mass is 353 g/mol. The molecule has 1 aromatic carbocycles. The van der Waals surface area contributed by atoms with Crippen molar-refractivity contribution >= 4 is 17.1 Å². The summed E-state index contributed by atoms with van der Waals surface area (Å²) in [5.41, 5.74) is 0.500. The zero-order chi connectivity index (χ0) is 18.7. The number of methoxy groups -OCH3 is 1. The van der Waals surface area contributed by atoms with Crippen LogP contribution < -0.4 is 4.90 Å². The van der Waals surface area contributed by atoms with Gasteiger partial charge in [0.15, 0.2) is 0 Å². The second kappa shape index (κ2) is 7.75. The second-order valence-corrected chi connectivity index (χ2v) is 6.18. The van der Waals surface area contributed by atoms with E-state index in [-0.39, 0.29) is 35.7 Å². The Morgan fingerprint density at radius 3 is 2.52 bits per heavy atom. The van der Waals surface area contributed by atoms with E-state index in [9.17, 15) is 20.2 Å². The molecular weight excluding hydrogens is 330 g/mol. The largest absolute Gasteiger partial charge is 0.379 e. The number of ether oxygens (including phenoxy) is 2. The minimum atomic E-state index is -0.588. The molecule has 2 atom stereocenters. The van der Waals surface area contributed by atoms with Gasteiger partial charge in [0, 0.05) is 25.8 Å². The molecule has 0 spiro atoms. The Labute approximate surface area is 145 Å². The lowest BCUT2D eigenvalue weighted by atomic mass is 9.99. The van der Waals surface area contributed by atoms with E-state index in [4.69, 9.17) is 9.47 Å². The highest BCUT2D eigenvalue weighted by atomic mass is 16.6. The summed E-state index contributed by atoms with van der Waals surface area (Å²) in [7, 11) is 1.36. The van der Waals surface area contributed by atoms with Crippen LogP contribution in [-0.4, -0.2) is 42.3 Å². The predicted octanol–water partition coefficient (Wildman–Crippen LogP) is 2.83. The Morgan fingerprint density at radius 2 is 2.00 bits per heavy atom. The number of nitro benzene ring substituents is 2. The van der Waals surface area contributed by atoms with E-state index in [1.54, 1.807) is 0 Å². The van der Waals surface area contributed by atoms with Crippen molar-refractivity contribution in [1.29, 1.82) is 0 Å². The van der Waals surface area contributed by atoms with Crippen LogP contribution in [0.4, 0.5) is 17.1 Å². The Bertz CT molecular complexity index is 678. The molecule has 1 aromatic rings. The summed E-state index contributed by atoms with van der Waals surface area (Å²) in [6.07, 6.45) is 0.365. The highest BCUT2D eigenvalue weighted by Gasteiger charge is 2.37. The lowest BCUT2D eigenvalue weighted by molar-refractivity contribution is -0.395. The Kier molecular flexibility index (Phi) is 5.91. The second-order valence-electron chi connectivity index (χ2n) is 6.18. The van der Waals surface area contributed by atoms with Gasteiger partial charge in [0.2, 0.25) is 0 Å². The van der Waals surface area contributed by atoms with Crippen molar-refractivity contribution in [3.05, 3.63) is 37.4 Å². The third kappa shape index (κ3) is 3.72. The molecule has 0 aromatic heterocycles. The van der Waals surface area contributed by atoms with Gasteiger partial charge >= 0.3 is 5.69 Å². The SMILES string of the molecule is CCc1cc([N+](=O)[O-])c(COC)c([N+](=O)[O-])c1N1CC(C)OCC1C. The molecule has 0 amide bonds. The maximum Gasteiger partial charge on any atom is 0.305 e. The Balaban J connectivity index is 2.78. The predicted molar refractivity (Wildman–Crippen MR) is 92.1 cm³/mol. The molecule has 0 radical (unpaired) electrons. The number of hydrogen-bond donors (Lipinski definition) is 0. The summed E-state index contributed by atoms with van der Waals surface area (Å²) in [5.74, 6) is 0. The van der Waals surface area contributed by atoms with Crippen molar-refractivity contribution in [2.24, 2.45) is 0 Å². The molecule has 0 bridgehead atoms. The van der Waals surface area contributed by atoms with E-state index >= 15 is 0 Å². The van der Waals surface area contributed by atoms with Crippen LogP contribution in [0.3, 0.4) is 0 Å². The van der Waals surface area contributed by atoms with Gasteiger partial charge < -0.3 is 14.4 Å². The van der Waals surface area contributed by atoms with Gasteiger partial charge in [-0.2, -0.15) is 0 Å². The lowest BCUT2D eigenvalue weighted by Crippen LogP contribution is -2.48. The normalized spacial score (nSPS) is 20.6. The first kappa shape index (κ1) is 19.1. The van der Waals surface area contributed by atoms with Crippen LogP contribution in [0.1, 0.15) is 31.9 Å². The maximum absolute atomic E-state index is 11.9. The first-order valence-electron chi connectivity index (χ1n) is 8.16. The van der Waals surface area contributed by atoms with Gasteiger partial charge in [-0.05, 0) is 25.8 Å². The fraction of sp³-hybridized carbons (Fsp3) is 0.625. The zero-order valence-corrected chi connectivity index (χ0v) is 14.9. The molecule has 9 nitrogen and oxygen atoms in total. The van der Waals surface area contributed by atoms with Crippen LogP contribution in [0.2, 0.25) is 0 Å². The fourth-order valence-corrected chi connectivity index (χ4v) is 3.19. The summed E-state index contributed by atoms with van der Waals surface area (Å²) >= 11 is 0. The van der Waals surface area contributed by atoms with Gasteiger partial charge in [0.05, 0.1) is 29.2 Å². The van der Waals surface area contributed by atoms with Crippen LogP contribution in [-0.2, 0) is 22.5 Å². The van der Waals surface area contributed by atoms with Gasteiger partial charge in [-0.25, -0.2) is 0 Å². The lowest BCUT2D eigenvalue weighted by Gasteiger charge is -2.39. The molecule has 9 heteroatoms. The molecule has 0 aliphatic carbocycles. The van der Waals surface area contributed by atoms with Gasteiger partial charge in [-0.15, -0.1) is 0 Å². The number of nitrogens with zero attached hydrogens (tertiary/aromatic N) is 3. The molecular formula is C16H23N3O6. The topological polar surface area (TPSA) is 108 Å². The van der Waals surface area contributed by atoms with Crippen LogP contribution in [0.15, 0.2) is 6.07 Å². The number of benzene rings is 1. The quantitative estimate of drug-likeness (QED) is 0.571. The molecule has 1 saturated heterocycles. The number of anilines is 1. The molecule has 1 heterocycles. The van der Waals surface area contributed by atoms with Crippen LogP contribution in [0, 0.1) is 20.2 Å². The smallest absolute Gasteiger partial charge is 0.305 e. The Morgan fingerprint density at radius 1 is 1.32 bits per heavy atom.